The molecule has 2 fully saturated rings. The van der Waals surface area contributed by atoms with Crippen LogP contribution in [0.25, 0.3) is 11.3 Å². The van der Waals surface area contributed by atoms with Crippen molar-refractivity contribution >= 4 is 17.7 Å². The minimum atomic E-state index is -0.511. The molecule has 218 valence electrons. The number of likely N-dealkylation sites (tertiary alicyclic amines) is 1. The number of piperidine rings is 2. The predicted octanol–water partition coefficient (Wildman–Crippen LogP) is 5.54. The molecular formula is C35H34N4O4. The van der Waals surface area contributed by atoms with E-state index in [9.17, 15) is 14.4 Å². The summed E-state index contributed by atoms with van der Waals surface area (Å²) in [6.07, 6.45) is 2.76. The number of carbonyl (C=O) groups is 3. The van der Waals surface area contributed by atoms with Crippen molar-refractivity contribution in [2.45, 2.75) is 44.1 Å². The number of imide groups is 1. The lowest BCUT2D eigenvalue weighted by atomic mass is 9.86. The number of para-hydroxylation sites is 1. The number of amides is 3. The highest BCUT2D eigenvalue weighted by Gasteiger charge is 2.30. The fraction of sp³-hybridized carbons (Fsp3) is 0.257. The fourth-order valence-corrected chi connectivity index (χ4v) is 6.06. The maximum Gasteiger partial charge on any atom is 0.250 e. The largest absolute Gasteiger partial charge is 0.457 e. The lowest BCUT2D eigenvalue weighted by Gasteiger charge is -2.33. The fourth-order valence-electron chi connectivity index (χ4n) is 6.06. The molecule has 8 nitrogen and oxygen atoms in total. The van der Waals surface area contributed by atoms with E-state index in [-0.39, 0.29) is 23.7 Å². The van der Waals surface area contributed by atoms with Gasteiger partial charge in [0.2, 0.25) is 11.8 Å². The summed E-state index contributed by atoms with van der Waals surface area (Å²) in [5.41, 5.74) is 10.6. The second kappa shape index (κ2) is 12.6. The van der Waals surface area contributed by atoms with Crippen LogP contribution in [-0.2, 0) is 16.1 Å². The summed E-state index contributed by atoms with van der Waals surface area (Å²) in [6, 6.07) is 28.9. The molecule has 0 saturated carbocycles. The average molecular weight is 575 g/mol. The smallest absolute Gasteiger partial charge is 0.250 e. The van der Waals surface area contributed by atoms with E-state index in [2.05, 4.69) is 16.3 Å². The molecule has 3 N–H and O–H groups in total. The van der Waals surface area contributed by atoms with Gasteiger partial charge in [0.05, 0.1) is 17.2 Å². The summed E-state index contributed by atoms with van der Waals surface area (Å²) in [4.78, 5) is 43.9. The van der Waals surface area contributed by atoms with Crippen LogP contribution in [0.1, 0.15) is 64.7 Å². The van der Waals surface area contributed by atoms with Gasteiger partial charge in [-0.2, -0.15) is 0 Å². The summed E-state index contributed by atoms with van der Waals surface area (Å²) in [6.45, 7) is 2.51. The SMILES string of the molecule is NC(=O)c1ccc(C2CCN(Cc3ccccc3C3CCC(=O)NC3=O)CC2)nc1-c1ccc(Oc2ccccc2)cc1. The highest BCUT2D eigenvalue weighted by molar-refractivity contribution is 6.01. The number of ether oxygens (including phenoxy) is 1. The Bertz CT molecular complexity index is 1630. The van der Waals surface area contributed by atoms with Gasteiger partial charge in [0, 0.05) is 30.1 Å². The molecule has 1 atom stereocenters. The molecule has 2 aliphatic heterocycles. The summed E-state index contributed by atoms with van der Waals surface area (Å²) in [7, 11) is 0. The van der Waals surface area contributed by atoms with Crippen LogP contribution in [-0.4, -0.2) is 40.7 Å². The summed E-state index contributed by atoms with van der Waals surface area (Å²) < 4.78 is 5.92. The summed E-state index contributed by atoms with van der Waals surface area (Å²) in [5, 5.41) is 2.49. The van der Waals surface area contributed by atoms with Crippen molar-refractivity contribution in [2.24, 2.45) is 5.73 Å². The van der Waals surface area contributed by atoms with Crippen molar-refractivity contribution in [3.8, 4) is 22.8 Å². The number of nitrogens with zero attached hydrogens (tertiary/aromatic N) is 2. The minimum absolute atomic E-state index is 0.199. The number of rotatable bonds is 8. The Morgan fingerprint density at radius 2 is 1.56 bits per heavy atom. The molecule has 1 unspecified atom stereocenters. The monoisotopic (exact) mass is 574 g/mol. The van der Waals surface area contributed by atoms with E-state index in [1.807, 2.05) is 78.9 Å². The lowest BCUT2D eigenvalue weighted by molar-refractivity contribution is -0.134. The first-order valence-electron chi connectivity index (χ1n) is 14.7. The Balaban J connectivity index is 1.14. The van der Waals surface area contributed by atoms with Crippen molar-refractivity contribution in [3.05, 3.63) is 113 Å². The zero-order valence-corrected chi connectivity index (χ0v) is 23.9. The van der Waals surface area contributed by atoms with Crippen LogP contribution < -0.4 is 15.8 Å². The van der Waals surface area contributed by atoms with Gasteiger partial charge in [-0.05, 0) is 92.0 Å². The third-order valence-electron chi connectivity index (χ3n) is 8.36. The molecule has 2 saturated heterocycles. The normalized spacial score (nSPS) is 17.8. The third kappa shape index (κ3) is 6.49. The summed E-state index contributed by atoms with van der Waals surface area (Å²) in [5.74, 6) is 0.484. The maximum absolute atomic E-state index is 12.5. The first kappa shape index (κ1) is 28.3. The molecule has 1 aromatic heterocycles. The van der Waals surface area contributed by atoms with Crippen LogP contribution in [0.5, 0.6) is 11.5 Å². The highest BCUT2D eigenvalue weighted by atomic mass is 16.5. The van der Waals surface area contributed by atoms with Crippen molar-refractivity contribution in [2.75, 3.05) is 13.1 Å². The molecule has 6 rings (SSSR count). The van der Waals surface area contributed by atoms with Gasteiger partial charge >= 0.3 is 0 Å². The second-order valence-corrected chi connectivity index (χ2v) is 11.2. The van der Waals surface area contributed by atoms with E-state index < -0.39 is 5.91 Å². The van der Waals surface area contributed by atoms with Crippen LogP contribution in [0.15, 0.2) is 91.0 Å². The van der Waals surface area contributed by atoms with E-state index in [0.29, 0.717) is 29.8 Å². The lowest BCUT2D eigenvalue weighted by Crippen LogP contribution is -2.40. The zero-order chi connectivity index (χ0) is 29.8. The van der Waals surface area contributed by atoms with E-state index >= 15 is 0 Å². The van der Waals surface area contributed by atoms with Crippen molar-refractivity contribution in [3.63, 3.8) is 0 Å². The van der Waals surface area contributed by atoms with Crippen LogP contribution in [0.3, 0.4) is 0 Å². The number of nitrogens with one attached hydrogen (secondary N) is 1. The number of hydrogen-bond donors (Lipinski definition) is 2. The molecule has 3 heterocycles. The maximum atomic E-state index is 12.5. The molecule has 0 spiro atoms. The molecule has 8 heteroatoms. The van der Waals surface area contributed by atoms with E-state index in [4.69, 9.17) is 15.5 Å². The predicted molar refractivity (Wildman–Crippen MR) is 164 cm³/mol. The second-order valence-electron chi connectivity index (χ2n) is 11.2. The van der Waals surface area contributed by atoms with Crippen molar-refractivity contribution in [1.82, 2.24) is 15.2 Å². The van der Waals surface area contributed by atoms with Gasteiger partial charge in [-0.3, -0.25) is 29.6 Å². The third-order valence-corrected chi connectivity index (χ3v) is 8.36. The average Bonchev–Trinajstić information content (AvgIpc) is 3.02. The van der Waals surface area contributed by atoms with Crippen LogP contribution in [0.4, 0.5) is 0 Å². The number of benzene rings is 3. The number of aromatic nitrogens is 1. The topological polar surface area (TPSA) is 115 Å². The molecule has 3 aromatic carbocycles. The van der Waals surface area contributed by atoms with Crippen molar-refractivity contribution < 1.29 is 19.1 Å². The molecule has 0 radical (unpaired) electrons. The van der Waals surface area contributed by atoms with Gasteiger partial charge in [-0.15, -0.1) is 0 Å². The number of carbonyl (C=O) groups excluding carboxylic acids is 3. The Morgan fingerprint density at radius 3 is 2.28 bits per heavy atom. The molecule has 0 aliphatic carbocycles. The molecule has 43 heavy (non-hydrogen) atoms. The van der Waals surface area contributed by atoms with Crippen LogP contribution >= 0.6 is 0 Å². The molecule has 0 bridgehead atoms. The van der Waals surface area contributed by atoms with Gasteiger partial charge in [0.1, 0.15) is 11.5 Å². The number of pyridine rings is 1. The summed E-state index contributed by atoms with van der Waals surface area (Å²) >= 11 is 0. The Morgan fingerprint density at radius 1 is 0.860 bits per heavy atom. The zero-order valence-electron chi connectivity index (χ0n) is 23.9. The minimum Gasteiger partial charge on any atom is -0.457 e. The first-order chi connectivity index (χ1) is 20.9. The van der Waals surface area contributed by atoms with E-state index in [1.165, 1.54) is 0 Å². The Labute approximate surface area is 250 Å². The first-order valence-corrected chi connectivity index (χ1v) is 14.7. The van der Waals surface area contributed by atoms with Gasteiger partial charge in [-0.25, -0.2) is 0 Å². The molecular weight excluding hydrogens is 540 g/mol. The van der Waals surface area contributed by atoms with Gasteiger partial charge < -0.3 is 10.5 Å². The molecule has 3 amide bonds. The standard InChI is InChI=1S/C35H34N4O4/c36-34(41)30-14-16-31(37-33(30)24-10-12-27(13-11-24)43-26-7-2-1-3-8-26)23-18-20-39(21-19-23)22-25-6-4-5-9-28(25)29-15-17-32(40)38-35(29)42/h1-14,16,23,29H,15,17-22H2,(H2,36,41)(H,38,40,42). The molecule has 2 aliphatic rings. The van der Waals surface area contributed by atoms with Crippen LogP contribution in [0, 0.1) is 0 Å². The van der Waals surface area contributed by atoms with Gasteiger partial charge in [0.15, 0.2) is 0 Å². The highest BCUT2D eigenvalue weighted by Crippen LogP contribution is 2.33. The van der Waals surface area contributed by atoms with E-state index in [1.54, 1.807) is 6.07 Å². The van der Waals surface area contributed by atoms with Crippen LogP contribution in [0.2, 0.25) is 0 Å². The number of hydrogen-bond acceptors (Lipinski definition) is 6. The van der Waals surface area contributed by atoms with E-state index in [0.717, 1.165) is 60.6 Å². The number of nitrogens with two attached hydrogens (primary N) is 1. The van der Waals surface area contributed by atoms with Gasteiger partial charge in [-0.1, -0.05) is 42.5 Å². The van der Waals surface area contributed by atoms with Crippen molar-refractivity contribution in [1.29, 1.82) is 0 Å². The van der Waals surface area contributed by atoms with Gasteiger partial charge in [0.25, 0.3) is 5.91 Å². The Kier molecular flexibility index (Phi) is 8.29. The Hall–Kier alpha value is -4.82. The molecule has 4 aromatic rings. The quantitative estimate of drug-likeness (QED) is 0.267. The number of primary amides is 1.